The molecule has 1 unspecified atom stereocenters. The van der Waals surface area contributed by atoms with Gasteiger partial charge < -0.3 is 20.1 Å². The highest BCUT2D eigenvalue weighted by atomic mass is 19.1. The first-order chi connectivity index (χ1) is 14.8. The molecule has 2 aromatic rings. The maximum Gasteiger partial charge on any atom is 0.325 e. The fraction of sp³-hybridized carbons (Fsp3) is 0.286. The molecule has 2 aliphatic heterocycles. The summed E-state index contributed by atoms with van der Waals surface area (Å²) in [5, 5.41) is 4.82. The average Bonchev–Trinajstić information content (AvgIpc) is 2.90. The summed E-state index contributed by atoms with van der Waals surface area (Å²) in [7, 11) is 0. The van der Waals surface area contributed by atoms with Crippen LogP contribution >= 0.6 is 0 Å². The molecule has 1 atom stereocenters. The Balaban J connectivity index is 1.51. The van der Waals surface area contributed by atoms with Crippen molar-refractivity contribution in [2.45, 2.75) is 18.9 Å². The number of urea groups is 1. The van der Waals surface area contributed by atoms with Gasteiger partial charge in [0.15, 0.2) is 11.5 Å². The maximum absolute atomic E-state index is 13.8. The van der Waals surface area contributed by atoms with Crippen molar-refractivity contribution in [3.05, 3.63) is 53.6 Å². The van der Waals surface area contributed by atoms with Crippen molar-refractivity contribution in [1.82, 2.24) is 10.2 Å². The number of fused-ring (bicyclic) bond motifs is 1. The molecule has 0 aromatic heterocycles. The van der Waals surface area contributed by atoms with Gasteiger partial charge in [-0.05, 0) is 36.8 Å². The largest absolute Gasteiger partial charge is 0.490 e. The third kappa shape index (κ3) is 3.88. The van der Waals surface area contributed by atoms with Crippen LogP contribution in [0, 0.1) is 11.6 Å². The molecule has 2 aromatic carbocycles. The number of anilines is 1. The Morgan fingerprint density at radius 1 is 1.13 bits per heavy atom. The number of imide groups is 1. The molecule has 8 nitrogen and oxygen atoms in total. The third-order valence-electron chi connectivity index (χ3n) is 5.11. The van der Waals surface area contributed by atoms with Crippen LogP contribution in [0.5, 0.6) is 11.5 Å². The number of hydrogen-bond donors (Lipinski definition) is 2. The summed E-state index contributed by atoms with van der Waals surface area (Å²) in [5.41, 5.74) is -1.23. The topological polar surface area (TPSA) is 97.0 Å². The molecule has 2 aliphatic rings. The summed E-state index contributed by atoms with van der Waals surface area (Å²) in [4.78, 5) is 38.5. The van der Waals surface area contributed by atoms with E-state index in [-0.39, 0.29) is 5.69 Å². The monoisotopic (exact) mass is 431 g/mol. The van der Waals surface area contributed by atoms with E-state index < -0.39 is 41.6 Å². The SMILES string of the molecule is CC1(c2ccc3c(c2)OCCCO3)NC(=O)N(CC(=O)Nc2ccc(F)cc2F)C1=O. The lowest BCUT2D eigenvalue weighted by Crippen LogP contribution is -2.42. The van der Waals surface area contributed by atoms with Crippen LogP contribution in [0.2, 0.25) is 0 Å². The smallest absolute Gasteiger partial charge is 0.325 e. The number of hydrogen-bond acceptors (Lipinski definition) is 5. The minimum Gasteiger partial charge on any atom is -0.490 e. The molecular weight excluding hydrogens is 412 g/mol. The van der Waals surface area contributed by atoms with Crippen LogP contribution in [0.15, 0.2) is 36.4 Å². The van der Waals surface area contributed by atoms with E-state index in [4.69, 9.17) is 9.47 Å². The van der Waals surface area contributed by atoms with Crippen molar-refractivity contribution < 1.29 is 32.6 Å². The predicted octanol–water partition coefficient (Wildman–Crippen LogP) is 2.53. The highest BCUT2D eigenvalue weighted by Gasteiger charge is 2.49. The van der Waals surface area contributed by atoms with Crippen LogP contribution in [0.1, 0.15) is 18.9 Å². The molecule has 0 spiro atoms. The van der Waals surface area contributed by atoms with Gasteiger partial charge >= 0.3 is 6.03 Å². The van der Waals surface area contributed by atoms with Crippen LogP contribution in [0.3, 0.4) is 0 Å². The number of benzene rings is 2. The van der Waals surface area contributed by atoms with E-state index in [0.717, 1.165) is 17.0 Å². The van der Waals surface area contributed by atoms with E-state index in [1.165, 1.54) is 6.92 Å². The molecule has 0 radical (unpaired) electrons. The molecule has 1 saturated heterocycles. The zero-order chi connectivity index (χ0) is 22.2. The molecule has 31 heavy (non-hydrogen) atoms. The van der Waals surface area contributed by atoms with Crippen molar-refractivity contribution in [1.29, 1.82) is 0 Å². The van der Waals surface area contributed by atoms with Crippen LogP contribution in [-0.4, -0.2) is 42.5 Å². The first-order valence-electron chi connectivity index (χ1n) is 9.57. The molecule has 0 aliphatic carbocycles. The predicted molar refractivity (Wildman–Crippen MR) is 105 cm³/mol. The summed E-state index contributed by atoms with van der Waals surface area (Å²) in [6, 6.07) is 6.80. The Morgan fingerprint density at radius 2 is 1.87 bits per heavy atom. The van der Waals surface area contributed by atoms with E-state index in [1.807, 2.05) is 0 Å². The van der Waals surface area contributed by atoms with Crippen LogP contribution < -0.4 is 20.1 Å². The second kappa shape index (κ2) is 7.86. The third-order valence-corrected chi connectivity index (χ3v) is 5.11. The fourth-order valence-electron chi connectivity index (χ4n) is 3.43. The number of amides is 4. The molecule has 162 valence electrons. The van der Waals surface area contributed by atoms with E-state index >= 15 is 0 Å². The molecule has 4 rings (SSSR count). The Kier molecular flexibility index (Phi) is 5.22. The second-order valence-corrected chi connectivity index (χ2v) is 7.33. The Hall–Kier alpha value is -3.69. The summed E-state index contributed by atoms with van der Waals surface area (Å²) in [6.45, 7) is 1.85. The lowest BCUT2D eigenvalue weighted by Gasteiger charge is -2.23. The van der Waals surface area contributed by atoms with Gasteiger partial charge in [0.25, 0.3) is 5.91 Å². The van der Waals surface area contributed by atoms with Crippen LogP contribution in [0.25, 0.3) is 0 Å². The van der Waals surface area contributed by atoms with Gasteiger partial charge in [-0.1, -0.05) is 6.07 Å². The number of rotatable bonds is 4. The van der Waals surface area contributed by atoms with Gasteiger partial charge in [0, 0.05) is 12.5 Å². The summed E-state index contributed by atoms with van der Waals surface area (Å²) in [5.74, 6) is -2.22. The lowest BCUT2D eigenvalue weighted by molar-refractivity contribution is -0.133. The number of ether oxygens (including phenoxy) is 2. The van der Waals surface area contributed by atoms with Crippen molar-refractivity contribution >= 4 is 23.5 Å². The molecule has 10 heteroatoms. The zero-order valence-corrected chi connectivity index (χ0v) is 16.5. The number of carbonyl (C=O) groups is 3. The van der Waals surface area contributed by atoms with E-state index in [0.29, 0.717) is 42.8 Å². The van der Waals surface area contributed by atoms with Gasteiger partial charge in [-0.2, -0.15) is 0 Å². The first kappa shape index (κ1) is 20.6. The highest BCUT2D eigenvalue weighted by Crippen LogP contribution is 2.36. The van der Waals surface area contributed by atoms with E-state index in [2.05, 4.69) is 10.6 Å². The number of nitrogens with one attached hydrogen (secondary N) is 2. The summed E-state index contributed by atoms with van der Waals surface area (Å²) in [6.07, 6.45) is 0.717. The van der Waals surface area contributed by atoms with Crippen LogP contribution in [0.4, 0.5) is 19.3 Å². The van der Waals surface area contributed by atoms with Gasteiger partial charge in [0.1, 0.15) is 23.7 Å². The Bertz CT molecular complexity index is 1080. The number of halogens is 2. The maximum atomic E-state index is 13.8. The minimum atomic E-state index is -1.43. The molecular formula is C21H19F2N3O5. The standard InChI is InChI=1S/C21H19F2N3O5/c1-21(12-3-6-16-17(9-12)31-8-2-7-30-16)19(28)26(20(29)25-21)11-18(27)24-15-5-4-13(22)10-14(15)23/h3-6,9-10H,2,7-8,11H2,1H3,(H,24,27)(H,25,29). The average molecular weight is 431 g/mol. The molecule has 1 fully saturated rings. The normalized spacial score (nSPS) is 20.3. The molecule has 4 amide bonds. The Morgan fingerprint density at radius 3 is 2.61 bits per heavy atom. The first-order valence-corrected chi connectivity index (χ1v) is 9.57. The van der Waals surface area contributed by atoms with Gasteiger partial charge in [-0.3, -0.25) is 14.5 Å². The lowest BCUT2D eigenvalue weighted by atomic mass is 9.91. The Labute approximate surface area is 176 Å². The molecule has 0 bridgehead atoms. The van der Waals surface area contributed by atoms with Gasteiger partial charge in [-0.15, -0.1) is 0 Å². The highest BCUT2D eigenvalue weighted by molar-refractivity contribution is 6.10. The van der Waals surface area contributed by atoms with Crippen LogP contribution in [-0.2, 0) is 15.1 Å². The van der Waals surface area contributed by atoms with Crippen molar-refractivity contribution in [3.63, 3.8) is 0 Å². The van der Waals surface area contributed by atoms with Crippen molar-refractivity contribution in [2.24, 2.45) is 0 Å². The summed E-state index contributed by atoms with van der Waals surface area (Å²) >= 11 is 0. The van der Waals surface area contributed by atoms with Gasteiger partial charge in [0.2, 0.25) is 5.91 Å². The van der Waals surface area contributed by atoms with Gasteiger partial charge in [0.05, 0.1) is 18.9 Å². The number of nitrogens with zero attached hydrogens (tertiary/aromatic N) is 1. The van der Waals surface area contributed by atoms with Gasteiger partial charge in [-0.25, -0.2) is 13.6 Å². The second-order valence-electron chi connectivity index (χ2n) is 7.33. The van der Waals surface area contributed by atoms with E-state index in [9.17, 15) is 23.2 Å². The van der Waals surface area contributed by atoms with Crippen molar-refractivity contribution in [3.8, 4) is 11.5 Å². The summed E-state index contributed by atoms with van der Waals surface area (Å²) < 4.78 is 38.0. The quantitative estimate of drug-likeness (QED) is 0.726. The number of carbonyl (C=O) groups excluding carboxylic acids is 3. The molecule has 0 saturated carbocycles. The molecule has 2 heterocycles. The van der Waals surface area contributed by atoms with Crippen molar-refractivity contribution in [2.75, 3.05) is 25.1 Å². The molecule has 2 N–H and O–H groups in total. The fourth-order valence-corrected chi connectivity index (χ4v) is 3.43. The minimum absolute atomic E-state index is 0.260. The van der Waals surface area contributed by atoms with E-state index in [1.54, 1.807) is 18.2 Å². The zero-order valence-electron chi connectivity index (χ0n) is 16.5.